The first-order valence-electron chi connectivity index (χ1n) is 6.56. The van der Waals surface area contributed by atoms with Crippen molar-refractivity contribution in [1.82, 2.24) is 10.6 Å². The van der Waals surface area contributed by atoms with Crippen LogP contribution in [-0.2, 0) is 4.79 Å². The largest absolute Gasteiger partial charge is 0.351 e. The van der Waals surface area contributed by atoms with Crippen molar-refractivity contribution in [1.29, 1.82) is 0 Å². The molecule has 0 saturated carbocycles. The monoisotopic (exact) mass is 272 g/mol. The maximum atomic E-state index is 12.2. The molecule has 0 bridgehead atoms. The first-order valence-corrected chi connectivity index (χ1v) is 6.97. The summed E-state index contributed by atoms with van der Waals surface area (Å²) in [4.78, 5) is 12.2. The fourth-order valence-corrected chi connectivity index (χ4v) is 3.09. The number of carbonyl (C=O) groups excluding carboxylic acids is 1. The Morgan fingerprint density at radius 3 is 2.84 bits per heavy atom. The van der Waals surface area contributed by atoms with E-state index >= 15 is 0 Å². The van der Waals surface area contributed by atoms with Crippen molar-refractivity contribution in [3.63, 3.8) is 0 Å². The van der Waals surface area contributed by atoms with Crippen LogP contribution in [0.15, 0.2) is 35.5 Å². The molecule has 0 unspecified atom stereocenters. The Bertz CT molecular complexity index is 592. The molecule has 0 amide bonds. The maximum Gasteiger partial charge on any atom is 0.171 e. The molecule has 3 nitrogen and oxygen atoms in total. The van der Waals surface area contributed by atoms with Gasteiger partial charge in [0.05, 0.1) is 6.04 Å². The smallest absolute Gasteiger partial charge is 0.171 e. The number of thiocarbonyl (C=S) groups is 1. The zero-order valence-electron chi connectivity index (χ0n) is 10.8. The van der Waals surface area contributed by atoms with Crippen molar-refractivity contribution in [2.45, 2.75) is 32.2 Å². The number of rotatable bonds is 1. The molecule has 0 aromatic heterocycles. The zero-order chi connectivity index (χ0) is 13.4. The van der Waals surface area contributed by atoms with Crippen LogP contribution in [0.25, 0.3) is 0 Å². The van der Waals surface area contributed by atoms with E-state index in [4.69, 9.17) is 12.2 Å². The second-order valence-electron chi connectivity index (χ2n) is 5.06. The summed E-state index contributed by atoms with van der Waals surface area (Å²) in [5.41, 5.74) is 4.19. The molecule has 1 heterocycles. The Balaban J connectivity index is 2.11. The topological polar surface area (TPSA) is 41.1 Å². The molecular weight excluding hydrogens is 256 g/mol. The van der Waals surface area contributed by atoms with E-state index < -0.39 is 0 Å². The Hall–Kier alpha value is -1.68. The lowest BCUT2D eigenvalue weighted by Gasteiger charge is -2.34. The molecule has 1 aliphatic carbocycles. The fraction of sp³-hybridized carbons (Fsp3) is 0.333. The summed E-state index contributed by atoms with van der Waals surface area (Å²) in [5, 5.41) is 7.00. The van der Waals surface area contributed by atoms with Crippen LogP contribution in [0.2, 0.25) is 0 Å². The first-order chi connectivity index (χ1) is 9.16. The van der Waals surface area contributed by atoms with Gasteiger partial charge in [0.1, 0.15) is 0 Å². The number of carbonyl (C=O) groups is 1. The van der Waals surface area contributed by atoms with Crippen molar-refractivity contribution >= 4 is 23.1 Å². The van der Waals surface area contributed by atoms with Gasteiger partial charge in [0.25, 0.3) is 0 Å². The highest BCUT2D eigenvalue weighted by Crippen LogP contribution is 2.34. The number of nitrogens with one attached hydrogen (secondary N) is 2. The number of hydrogen-bond acceptors (Lipinski definition) is 2. The molecule has 2 aliphatic rings. The van der Waals surface area contributed by atoms with Crippen molar-refractivity contribution < 1.29 is 4.79 Å². The van der Waals surface area contributed by atoms with Crippen LogP contribution in [0.5, 0.6) is 0 Å². The summed E-state index contributed by atoms with van der Waals surface area (Å²) in [5.74, 6) is 0.233. The van der Waals surface area contributed by atoms with Crippen LogP contribution in [0.4, 0.5) is 0 Å². The number of benzene rings is 1. The Morgan fingerprint density at radius 1 is 1.26 bits per heavy atom. The van der Waals surface area contributed by atoms with Crippen LogP contribution >= 0.6 is 12.2 Å². The summed E-state index contributed by atoms with van der Waals surface area (Å²) in [7, 11) is 0. The van der Waals surface area contributed by atoms with Crippen LogP contribution in [-0.4, -0.2) is 10.9 Å². The average molecular weight is 272 g/mol. The third-order valence-corrected chi connectivity index (χ3v) is 4.00. The summed E-state index contributed by atoms with van der Waals surface area (Å²) < 4.78 is 0. The molecule has 0 radical (unpaired) electrons. The highest BCUT2D eigenvalue weighted by Gasteiger charge is 2.33. The van der Waals surface area contributed by atoms with Gasteiger partial charge < -0.3 is 10.6 Å². The van der Waals surface area contributed by atoms with Gasteiger partial charge in [-0.15, -0.1) is 0 Å². The van der Waals surface area contributed by atoms with Gasteiger partial charge in [0, 0.05) is 17.7 Å². The number of hydrogen-bond donors (Lipinski definition) is 2. The normalized spacial score (nSPS) is 22.7. The molecule has 3 rings (SSSR count). The lowest BCUT2D eigenvalue weighted by atomic mass is 9.84. The molecule has 98 valence electrons. The molecule has 4 heteroatoms. The van der Waals surface area contributed by atoms with Crippen molar-refractivity contribution in [2.24, 2.45) is 0 Å². The van der Waals surface area contributed by atoms with E-state index in [9.17, 15) is 4.79 Å². The third kappa shape index (κ3) is 2.16. The molecule has 1 aliphatic heterocycles. The van der Waals surface area contributed by atoms with Crippen molar-refractivity contribution in [2.75, 3.05) is 0 Å². The van der Waals surface area contributed by atoms with E-state index in [1.165, 1.54) is 5.56 Å². The quantitative estimate of drug-likeness (QED) is 0.771. The number of Topliss-reactive ketones (excluding diaryl/α,β-unsaturated/α-hetero) is 1. The standard InChI is InChI=1S/C15H16N2OS/c1-9-5-2-3-6-10(9)14-13-11(16-15(19)17-14)7-4-8-12(13)18/h2-3,5-6,14H,4,7-8H2,1H3,(H2,16,17,19)/t14-/m1/s1. The summed E-state index contributed by atoms with van der Waals surface area (Å²) >= 11 is 5.27. The fourth-order valence-electron chi connectivity index (χ4n) is 2.85. The highest BCUT2D eigenvalue weighted by atomic mass is 32.1. The maximum absolute atomic E-state index is 12.2. The summed E-state index contributed by atoms with van der Waals surface area (Å²) in [6.45, 7) is 2.07. The number of allylic oxidation sites excluding steroid dienone is 1. The minimum absolute atomic E-state index is 0.0993. The Labute approximate surface area is 118 Å². The van der Waals surface area contributed by atoms with Crippen LogP contribution < -0.4 is 10.6 Å². The summed E-state index contributed by atoms with van der Waals surface area (Å²) in [6, 6.07) is 8.04. The molecule has 2 N–H and O–H groups in total. The van der Waals surface area contributed by atoms with Gasteiger partial charge in [0.15, 0.2) is 10.9 Å². The van der Waals surface area contributed by atoms with Gasteiger partial charge in [-0.05, 0) is 43.1 Å². The van der Waals surface area contributed by atoms with Crippen molar-refractivity contribution in [3.8, 4) is 0 Å². The molecule has 1 atom stereocenters. The zero-order valence-corrected chi connectivity index (χ0v) is 11.6. The Kier molecular flexibility index (Phi) is 3.11. The van der Waals surface area contributed by atoms with E-state index in [0.717, 1.165) is 29.7 Å². The van der Waals surface area contributed by atoms with Crippen LogP contribution in [0.3, 0.4) is 0 Å². The second kappa shape index (κ2) is 4.78. The second-order valence-corrected chi connectivity index (χ2v) is 5.47. The Morgan fingerprint density at radius 2 is 2.05 bits per heavy atom. The van der Waals surface area contributed by atoms with Gasteiger partial charge >= 0.3 is 0 Å². The van der Waals surface area contributed by atoms with Gasteiger partial charge in [0.2, 0.25) is 0 Å². The minimum Gasteiger partial charge on any atom is -0.351 e. The molecule has 1 aromatic rings. The van der Waals surface area contributed by atoms with E-state index in [0.29, 0.717) is 11.5 Å². The van der Waals surface area contributed by atoms with Crippen molar-refractivity contribution in [3.05, 3.63) is 46.7 Å². The third-order valence-electron chi connectivity index (χ3n) is 3.78. The molecular formula is C15H16N2OS. The van der Waals surface area contributed by atoms with E-state index in [1.54, 1.807) is 0 Å². The van der Waals surface area contributed by atoms with Crippen LogP contribution in [0, 0.1) is 6.92 Å². The van der Waals surface area contributed by atoms with Crippen LogP contribution in [0.1, 0.15) is 36.4 Å². The molecule has 0 fully saturated rings. The molecule has 0 spiro atoms. The lowest BCUT2D eigenvalue weighted by molar-refractivity contribution is -0.116. The van der Waals surface area contributed by atoms with Gasteiger partial charge in [-0.2, -0.15) is 0 Å². The number of aryl methyl sites for hydroxylation is 1. The highest BCUT2D eigenvalue weighted by molar-refractivity contribution is 7.80. The predicted octanol–water partition coefficient (Wildman–Crippen LogP) is 2.52. The average Bonchev–Trinajstić information content (AvgIpc) is 2.38. The first kappa shape index (κ1) is 12.4. The molecule has 19 heavy (non-hydrogen) atoms. The van der Waals surface area contributed by atoms with Gasteiger partial charge in [-0.3, -0.25) is 4.79 Å². The van der Waals surface area contributed by atoms with Gasteiger partial charge in [-0.1, -0.05) is 24.3 Å². The molecule has 0 saturated heterocycles. The molecule has 1 aromatic carbocycles. The SMILES string of the molecule is Cc1ccccc1[C@H]1NC(=S)NC2=C1C(=O)CCC2. The number of ketones is 1. The van der Waals surface area contributed by atoms with E-state index in [1.807, 2.05) is 12.1 Å². The van der Waals surface area contributed by atoms with E-state index in [2.05, 4.69) is 29.7 Å². The predicted molar refractivity (Wildman–Crippen MR) is 78.7 cm³/mol. The lowest BCUT2D eigenvalue weighted by Crippen LogP contribution is -2.46. The minimum atomic E-state index is -0.0993. The van der Waals surface area contributed by atoms with Gasteiger partial charge in [-0.25, -0.2) is 0 Å². The summed E-state index contributed by atoms with van der Waals surface area (Å²) in [6.07, 6.45) is 2.45. The van der Waals surface area contributed by atoms with E-state index in [-0.39, 0.29) is 11.8 Å².